The summed E-state index contributed by atoms with van der Waals surface area (Å²) in [5, 5.41) is 9.47. The Hall–Kier alpha value is -2.12. The molecular weight excluding hydrogens is 255 g/mol. The minimum Gasteiger partial charge on any atom is -0.481 e. The van der Waals surface area contributed by atoms with Gasteiger partial charge in [-0.05, 0) is 12.1 Å². The Labute approximate surface area is 108 Å². The molecule has 90 valence electrons. The van der Waals surface area contributed by atoms with Gasteiger partial charge in [-0.1, -0.05) is 17.7 Å². The molecule has 0 atom stereocenters. The zero-order chi connectivity index (χ0) is 13.1. The molecule has 5 heteroatoms. The molecule has 18 heavy (non-hydrogen) atoms. The van der Waals surface area contributed by atoms with E-state index >= 15 is 0 Å². The van der Waals surface area contributed by atoms with Crippen LogP contribution in [0.25, 0.3) is 11.1 Å². The van der Waals surface area contributed by atoms with Crippen LogP contribution in [-0.2, 0) is 0 Å². The van der Waals surface area contributed by atoms with Crippen LogP contribution in [-0.4, -0.2) is 12.1 Å². The normalized spacial score (nSPS) is 9.89. The largest absolute Gasteiger partial charge is 0.481 e. The van der Waals surface area contributed by atoms with Crippen LogP contribution in [0.15, 0.2) is 30.5 Å². The SMILES string of the molecule is COc1cc(-c2ccc(Cl)cc2C#N)c(F)cn1. The van der Waals surface area contributed by atoms with Crippen LogP contribution >= 0.6 is 11.6 Å². The van der Waals surface area contributed by atoms with Gasteiger partial charge in [0.05, 0.1) is 24.9 Å². The molecule has 0 spiro atoms. The van der Waals surface area contributed by atoms with Crippen LogP contribution in [0.2, 0.25) is 5.02 Å². The number of hydrogen-bond donors (Lipinski definition) is 0. The van der Waals surface area contributed by atoms with Crippen molar-refractivity contribution in [3.63, 3.8) is 0 Å². The number of ether oxygens (including phenoxy) is 1. The maximum Gasteiger partial charge on any atom is 0.213 e. The lowest BCUT2D eigenvalue weighted by Gasteiger charge is -2.07. The van der Waals surface area contributed by atoms with Gasteiger partial charge in [0.1, 0.15) is 5.82 Å². The van der Waals surface area contributed by atoms with Crippen LogP contribution in [0.5, 0.6) is 5.88 Å². The van der Waals surface area contributed by atoms with E-state index in [0.717, 1.165) is 6.20 Å². The second kappa shape index (κ2) is 5.03. The summed E-state index contributed by atoms with van der Waals surface area (Å²) >= 11 is 5.80. The van der Waals surface area contributed by atoms with Crippen LogP contribution in [0.4, 0.5) is 4.39 Å². The third-order valence-corrected chi connectivity index (χ3v) is 2.67. The zero-order valence-corrected chi connectivity index (χ0v) is 10.2. The highest BCUT2D eigenvalue weighted by molar-refractivity contribution is 6.30. The van der Waals surface area contributed by atoms with Crippen molar-refractivity contribution in [1.82, 2.24) is 4.98 Å². The van der Waals surface area contributed by atoms with E-state index in [2.05, 4.69) is 4.98 Å². The molecular formula is C13H8ClFN2O. The minimum atomic E-state index is -0.519. The molecule has 0 saturated carbocycles. The van der Waals surface area contributed by atoms with Gasteiger partial charge in [-0.3, -0.25) is 0 Å². The molecule has 2 aromatic rings. The monoisotopic (exact) mass is 262 g/mol. The molecule has 0 N–H and O–H groups in total. The standard InChI is InChI=1S/C13H8ClFN2O/c1-18-13-5-11(12(15)7-17-13)10-3-2-9(14)4-8(10)6-16/h2-5,7H,1H3. The van der Waals surface area contributed by atoms with Crippen molar-refractivity contribution < 1.29 is 9.13 Å². The van der Waals surface area contributed by atoms with E-state index in [0.29, 0.717) is 16.1 Å². The lowest BCUT2D eigenvalue weighted by molar-refractivity contribution is 0.396. The van der Waals surface area contributed by atoms with Crippen molar-refractivity contribution in [3.8, 4) is 23.1 Å². The molecule has 0 amide bonds. The molecule has 2 rings (SSSR count). The second-order valence-corrected chi connectivity index (χ2v) is 3.94. The van der Waals surface area contributed by atoms with E-state index in [1.165, 1.54) is 19.2 Å². The summed E-state index contributed by atoms with van der Waals surface area (Å²) in [5.41, 5.74) is 1.02. The Balaban J connectivity index is 2.65. The van der Waals surface area contributed by atoms with E-state index in [9.17, 15) is 4.39 Å². The van der Waals surface area contributed by atoms with Gasteiger partial charge in [0.2, 0.25) is 5.88 Å². The highest BCUT2D eigenvalue weighted by atomic mass is 35.5. The Bertz CT molecular complexity index is 637. The molecule has 0 aliphatic heterocycles. The maximum atomic E-state index is 13.7. The number of benzene rings is 1. The number of nitrogens with zero attached hydrogens (tertiary/aromatic N) is 2. The van der Waals surface area contributed by atoms with Gasteiger partial charge in [0.25, 0.3) is 0 Å². The summed E-state index contributed by atoms with van der Waals surface area (Å²) in [7, 11) is 1.44. The van der Waals surface area contributed by atoms with Crippen LogP contribution < -0.4 is 4.74 Å². The molecule has 0 aliphatic carbocycles. The maximum absolute atomic E-state index is 13.7. The Morgan fingerprint density at radius 1 is 1.33 bits per heavy atom. The first-order chi connectivity index (χ1) is 8.65. The van der Waals surface area contributed by atoms with Gasteiger partial charge < -0.3 is 4.74 Å². The van der Waals surface area contributed by atoms with Gasteiger partial charge in [0.15, 0.2) is 0 Å². The predicted octanol–water partition coefficient (Wildman–Crippen LogP) is 3.42. The predicted molar refractivity (Wildman–Crippen MR) is 65.9 cm³/mol. The van der Waals surface area contributed by atoms with E-state index in [1.54, 1.807) is 12.1 Å². The van der Waals surface area contributed by atoms with Crippen LogP contribution in [0.1, 0.15) is 5.56 Å². The van der Waals surface area contributed by atoms with Gasteiger partial charge in [-0.2, -0.15) is 5.26 Å². The second-order valence-electron chi connectivity index (χ2n) is 3.51. The van der Waals surface area contributed by atoms with Crippen molar-refractivity contribution in [3.05, 3.63) is 46.9 Å². The summed E-state index contributed by atoms with van der Waals surface area (Å²) < 4.78 is 18.7. The van der Waals surface area contributed by atoms with E-state index in [4.69, 9.17) is 21.6 Å². The fraction of sp³-hybridized carbons (Fsp3) is 0.0769. The van der Waals surface area contributed by atoms with Crippen molar-refractivity contribution in [1.29, 1.82) is 5.26 Å². The molecule has 1 aromatic carbocycles. The number of nitriles is 1. The Kier molecular flexibility index (Phi) is 3.45. The van der Waals surface area contributed by atoms with Gasteiger partial charge in [-0.15, -0.1) is 0 Å². The number of halogens is 2. The fourth-order valence-electron chi connectivity index (χ4n) is 1.58. The lowest BCUT2D eigenvalue weighted by atomic mass is 10.0. The smallest absolute Gasteiger partial charge is 0.213 e. The van der Waals surface area contributed by atoms with E-state index < -0.39 is 5.82 Å². The number of methoxy groups -OCH3 is 1. The first-order valence-corrected chi connectivity index (χ1v) is 5.43. The average molecular weight is 263 g/mol. The summed E-state index contributed by atoms with van der Waals surface area (Å²) in [6.45, 7) is 0. The summed E-state index contributed by atoms with van der Waals surface area (Å²) in [4.78, 5) is 3.75. The summed E-state index contributed by atoms with van der Waals surface area (Å²) in [6, 6.07) is 8.12. The first-order valence-electron chi connectivity index (χ1n) is 5.05. The minimum absolute atomic E-state index is 0.259. The highest BCUT2D eigenvalue weighted by Crippen LogP contribution is 2.29. The third kappa shape index (κ3) is 2.27. The third-order valence-electron chi connectivity index (χ3n) is 2.43. The van der Waals surface area contributed by atoms with E-state index in [-0.39, 0.29) is 11.4 Å². The molecule has 0 fully saturated rings. The fourth-order valence-corrected chi connectivity index (χ4v) is 1.75. The van der Waals surface area contributed by atoms with Crippen LogP contribution in [0, 0.1) is 17.1 Å². The summed E-state index contributed by atoms with van der Waals surface area (Å²) in [5.74, 6) is -0.236. The number of hydrogen-bond acceptors (Lipinski definition) is 3. The molecule has 0 saturated heterocycles. The van der Waals surface area contributed by atoms with Crippen molar-refractivity contribution in [2.45, 2.75) is 0 Å². The van der Waals surface area contributed by atoms with Crippen molar-refractivity contribution in [2.24, 2.45) is 0 Å². The van der Waals surface area contributed by atoms with Gasteiger partial charge in [0, 0.05) is 22.2 Å². The molecule has 1 aromatic heterocycles. The van der Waals surface area contributed by atoms with Crippen molar-refractivity contribution >= 4 is 11.6 Å². The van der Waals surface area contributed by atoms with E-state index in [1.807, 2.05) is 6.07 Å². The first kappa shape index (κ1) is 12.3. The Morgan fingerprint density at radius 2 is 2.11 bits per heavy atom. The molecule has 0 radical (unpaired) electrons. The molecule has 0 aliphatic rings. The zero-order valence-electron chi connectivity index (χ0n) is 9.45. The summed E-state index contributed by atoms with van der Waals surface area (Å²) in [6.07, 6.45) is 1.06. The van der Waals surface area contributed by atoms with Crippen LogP contribution in [0.3, 0.4) is 0 Å². The number of pyridine rings is 1. The number of aromatic nitrogens is 1. The lowest BCUT2D eigenvalue weighted by Crippen LogP contribution is -1.93. The highest BCUT2D eigenvalue weighted by Gasteiger charge is 2.12. The molecule has 0 unspecified atom stereocenters. The van der Waals surface area contributed by atoms with Gasteiger partial charge >= 0.3 is 0 Å². The number of rotatable bonds is 2. The molecule has 0 bridgehead atoms. The molecule has 3 nitrogen and oxygen atoms in total. The quantitative estimate of drug-likeness (QED) is 0.833. The average Bonchev–Trinajstić information content (AvgIpc) is 2.39. The topological polar surface area (TPSA) is 45.9 Å². The Morgan fingerprint density at radius 3 is 2.78 bits per heavy atom. The van der Waals surface area contributed by atoms with Gasteiger partial charge in [-0.25, -0.2) is 9.37 Å². The molecule has 1 heterocycles. The van der Waals surface area contributed by atoms with Crippen molar-refractivity contribution in [2.75, 3.05) is 7.11 Å².